The normalized spacial score (nSPS) is 18.0. The fourth-order valence-corrected chi connectivity index (χ4v) is 4.91. The maximum Gasteiger partial charge on any atom is 0.194 e. The topological polar surface area (TPSA) is 36.9 Å². The first-order chi connectivity index (χ1) is 11.1. The fourth-order valence-electron chi connectivity index (χ4n) is 2.60. The second-order valence-corrected chi connectivity index (χ2v) is 9.55. The van der Waals surface area contributed by atoms with Crippen molar-refractivity contribution in [3.63, 3.8) is 0 Å². The largest absolute Gasteiger partial charge is 0.381 e. The first-order valence-electron chi connectivity index (χ1n) is 7.95. The molecule has 0 amide bonds. The summed E-state index contributed by atoms with van der Waals surface area (Å²) in [6.07, 6.45) is 4.36. The summed E-state index contributed by atoms with van der Waals surface area (Å²) in [6, 6.07) is 4.26. The average molecular weight is 420 g/mol. The van der Waals surface area contributed by atoms with E-state index in [1.54, 1.807) is 11.3 Å². The number of rotatable bonds is 6. The van der Waals surface area contributed by atoms with Crippen molar-refractivity contribution < 1.29 is 4.74 Å². The molecule has 130 valence electrons. The molecule has 1 aliphatic heterocycles. The Morgan fingerprint density at radius 1 is 1.48 bits per heavy atom. The lowest BCUT2D eigenvalue weighted by Crippen LogP contribution is -2.41. The van der Waals surface area contributed by atoms with Gasteiger partial charge in [0.2, 0.25) is 0 Å². The Bertz CT molecular complexity index is 515. The molecule has 4 nitrogen and oxygen atoms in total. The summed E-state index contributed by atoms with van der Waals surface area (Å²) in [7, 11) is 2.10. The Balaban J connectivity index is 2.03. The van der Waals surface area contributed by atoms with Crippen molar-refractivity contribution in [3.05, 3.63) is 20.8 Å². The van der Waals surface area contributed by atoms with Gasteiger partial charge in [0.15, 0.2) is 5.96 Å². The van der Waals surface area contributed by atoms with Gasteiger partial charge in [0, 0.05) is 36.4 Å². The van der Waals surface area contributed by atoms with E-state index in [4.69, 9.17) is 9.73 Å². The van der Waals surface area contributed by atoms with Gasteiger partial charge in [0.25, 0.3) is 0 Å². The van der Waals surface area contributed by atoms with Crippen LogP contribution < -0.4 is 5.32 Å². The molecule has 1 N–H and O–H groups in total. The van der Waals surface area contributed by atoms with E-state index in [0.717, 1.165) is 51.6 Å². The Morgan fingerprint density at radius 3 is 2.78 bits per heavy atom. The minimum Gasteiger partial charge on any atom is -0.381 e. The molecule has 0 unspecified atom stereocenters. The Kier molecular flexibility index (Phi) is 7.72. The Labute approximate surface area is 156 Å². The van der Waals surface area contributed by atoms with Gasteiger partial charge in [-0.25, -0.2) is 0 Å². The number of guanidine groups is 1. The lowest BCUT2D eigenvalue weighted by atomic mass is 9.99. The van der Waals surface area contributed by atoms with Crippen LogP contribution in [0.25, 0.3) is 0 Å². The molecule has 0 aliphatic carbocycles. The van der Waals surface area contributed by atoms with Gasteiger partial charge in [0.05, 0.1) is 16.9 Å². The molecular formula is C16H26BrN3OS2. The number of nitrogens with zero attached hydrogens (tertiary/aromatic N) is 2. The third-order valence-electron chi connectivity index (χ3n) is 4.07. The number of nitrogens with one attached hydrogen (secondary N) is 1. The molecule has 0 aromatic carbocycles. The van der Waals surface area contributed by atoms with Gasteiger partial charge in [-0.2, -0.15) is 11.8 Å². The van der Waals surface area contributed by atoms with Gasteiger partial charge < -0.3 is 15.0 Å². The first-order valence-corrected chi connectivity index (χ1v) is 10.8. The van der Waals surface area contributed by atoms with Crippen LogP contribution in [0.4, 0.5) is 0 Å². The molecule has 2 rings (SSSR count). The molecule has 1 saturated heterocycles. The molecule has 0 saturated carbocycles. The van der Waals surface area contributed by atoms with E-state index >= 15 is 0 Å². The maximum absolute atomic E-state index is 5.52. The van der Waals surface area contributed by atoms with Crippen LogP contribution in [0.3, 0.4) is 0 Å². The van der Waals surface area contributed by atoms with Crippen molar-refractivity contribution in [2.45, 2.75) is 31.1 Å². The van der Waals surface area contributed by atoms with E-state index in [-0.39, 0.29) is 4.75 Å². The van der Waals surface area contributed by atoms with E-state index in [1.807, 2.05) is 11.8 Å². The van der Waals surface area contributed by atoms with Crippen molar-refractivity contribution in [2.24, 2.45) is 4.99 Å². The number of halogens is 1. The molecule has 1 aromatic heterocycles. The average Bonchev–Trinajstić information content (AvgIpc) is 2.97. The highest BCUT2D eigenvalue weighted by Crippen LogP contribution is 2.34. The van der Waals surface area contributed by atoms with E-state index in [2.05, 4.69) is 58.5 Å². The van der Waals surface area contributed by atoms with Crippen molar-refractivity contribution in [2.75, 3.05) is 39.6 Å². The van der Waals surface area contributed by atoms with E-state index in [0.29, 0.717) is 0 Å². The summed E-state index contributed by atoms with van der Waals surface area (Å²) in [6.45, 7) is 6.42. The number of thioether (sulfide) groups is 1. The number of hydrogen-bond donors (Lipinski definition) is 1. The first kappa shape index (κ1) is 19.1. The standard InChI is InChI=1S/C16H26BrN3OS2/c1-4-18-15(20(2)11-13-5-6-14(17)23-13)19-12-16(22-3)7-9-21-10-8-16/h5-6H,4,7-12H2,1-3H3,(H,18,19). The molecule has 1 aromatic rings. The summed E-state index contributed by atoms with van der Waals surface area (Å²) < 4.78 is 6.92. The number of thiophene rings is 1. The lowest BCUT2D eigenvalue weighted by Gasteiger charge is -2.34. The van der Waals surface area contributed by atoms with Crippen LogP contribution in [0, 0.1) is 0 Å². The van der Waals surface area contributed by atoms with Gasteiger partial charge in [-0.3, -0.25) is 4.99 Å². The molecule has 1 fully saturated rings. The smallest absolute Gasteiger partial charge is 0.194 e. The number of aliphatic imine (C=N–C) groups is 1. The van der Waals surface area contributed by atoms with E-state index in [1.165, 1.54) is 8.66 Å². The molecule has 7 heteroatoms. The molecule has 23 heavy (non-hydrogen) atoms. The van der Waals surface area contributed by atoms with Gasteiger partial charge in [-0.05, 0) is 54.1 Å². The van der Waals surface area contributed by atoms with Crippen LogP contribution >= 0.6 is 39.0 Å². The van der Waals surface area contributed by atoms with E-state index in [9.17, 15) is 0 Å². The minimum absolute atomic E-state index is 0.228. The Hall–Kier alpha value is -0.240. The van der Waals surface area contributed by atoms with Crippen LogP contribution in [-0.2, 0) is 11.3 Å². The van der Waals surface area contributed by atoms with Crippen molar-refractivity contribution in [1.82, 2.24) is 10.2 Å². The highest BCUT2D eigenvalue weighted by molar-refractivity contribution is 9.11. The quantitative estimate of drug-likeness (QED) is 0.561. The summed E-state index contributed by atoms with van der Waals surface area (Å²) in [4.78, 5) is 8.46. The van der Waals surface area contributed by atoms with Crippen LogP contribution in [0.5, 0.6) is 0 Å². The third kappa shape index (κ3) is 5.66. The SMILES string of the molecule is CCNC(=NCC1(SC)CCOCC1)N(C)Cc1ccc(Br)s1. The molecule has 0 radical (unpaired) electrons. The number of hydrogen-bond acceptors (Lipinski definition) is 4. The summed E-state index contributed by atoms with van der Waals surface area (Å²) in [5.74, 6) is 0.983. The Morgan fingerprint density at radius 2 is 2.22 bits per heavy atom. The zero-order chi connectivity index (χ0) is 16.7. The summed E-state index contributed by atoms with van der Waals surface area (Å²) in [5.41, 5.74) is 0. The van der Waals surface area contributed by atoms with Crippen molar-refractivity contribution >= 4 is 45.0 Å². The molecule has 1 aliphatic rings. The molecule has 0 atom stereocenters. The van der Waals surface area contributed by atoms with Gasteiger partial charge >= 0.3 is 0 Å². The molecule has 2 heterocycles. The van der Waals surface area contributed by atoms with Crippen LogP contribution in [-0.4, -0.2) is 55.2 Å². The zero-order valence-electron chi connectivity index (χ0n) is 14.1. The van der Waals surface area contributed by atoms with Crippen LogP contribution in [0.2, 0.25) is 0 Å². The predicted octanol–water partition coefficient (Wildman–Crippen LogP) is 3.82. The fraction of sp³-hybridized carbons (Fsp3) is 0.688. The highest BCUT2D eigenvalue weighted by atomic mass is 79.9. The van der Waals surface area contributed by atoms with E-state index < -0.39 is 0 Å². The molecule has 0 spiro atoms. The maximum atomic E-state index is 5.52. The van der Waals surface area contributed by atoms with Crippen LogP contribution in [0.1, 0.15) is 24.6 Å². The summed E-state index contributed by atoms with van der Waals surface area (Å²) in [5, 5.41) is 3.42. The molecular weight excluding hydrogens is 394 g/mol. The predicted molar refractivity (Wildman–Crippen MR) is 106 cm³/mol. The second kappa shape index (κ2) is 9.30. The zero-order valence-corrected chi connectivity index (χ0v) is 17.3. The van der Waals surface area contributed by atoms with Crippen molar-refractivity contribution in [3.8, 4) is 0 Å². The monoisotopic (exact) mass is 419 g/mol. The highest BCUT2D eigenvalue weighted by Gasteiger charge is 2.31. The molecule has 0 bridgehead atoms. The lowest BCUT2D eigenvalue weighted by molar-refractivity contribution is 0.0793. The van der Waals surface area contributed by atoms with Gasteiger partial charge in [-0.15, -0.1) is 11.3 Å². The third-order valence-corrected chi connectivity index (χ3v) is 7.08. The second-order valence-electron chi connectivity index (χ2n) is 5.73. The minimum atomic E-state index is 0.228. The van der Waals surface area contributed by atoms with Crippen molar-refractivity contribution in [1.29, 1.82) is 0 Å². The van der Waals surface area contributed by atoms with Gasteiger partial charge in [-0.1, -0.05) is 0 Å². The summed E-state index contributed by atoms with van der Waals surface area (Å²) >= 11 is 7.24. The van der Waals surface area contributed by atoms with Crippen LogP contribution in [0.15, 0.2) is 20.9 Å². The number of ether oxygens (including phenoxy) is 1. The van der Waals surface area contributed by atoms with Gasteiger partial charge in [0.1, 0.15) is 0 Å².